The molecule has 0 spiro atoms. The summed E-state index contributed by atoms with van der Waals surface area (Å²) in [5, 5.41) is 7.10. The van der Waals surface area contributed by atoms with Crippen LogP contribution in [0.4, 0.5) is 10.1 Å². The van der Waals surface area contributed by atoms with E-state index in [1.807, 2.05) is 30.3 Å². The summed E-state index contributed by atoms with van der Waals surface area (Å²) >= 11 is 6.06. The van der Waals surface area contributed by atoms with Gasteiger partial charge in [0.2, 0.25) is 5.91 Å². The highest BCUT2D eigenvalue weighted by atomic mass is 35.5. The van der Waals surface area contributed by atoms with Gasteiger partial charge in [0.25, 0.3) is 5.91 Å². The standard InChI is InChI=1S/C30H25ClFN3O4/c1-38-28-15-21(7-14-27(28)39-19-23-8-11-24(32)17-26(23)31)18-33-35-30(37)22-9-12-25(13-10-22)34-29(36)16-20-5-3-2-4-6-20/h2-15,17-18H,16,19H2,1H3,(H,34,36)(H,35,37)/b33-18+. The van der Waals surface area contributed by atoms with E-state index in [2.05, 4.69) is 15.8 Å². The van der Waals surface area contributed by atoms with E-state index >= 15 is 0 Å². The molecule has 2 N–H and O–H groups in total. The average Bonchev–Trinajstić information content (AvgIpc) is 2.93. The average molecular weight is 546 g/mol. The van der Waals surface area contributed by atoms with Gasteiger partial charge in [-0.05, 0) is 65.7 Å². The molecule has 0 atom stereocenters. The Labute approximate surface area is 230 Å². The van der Waals surface area contributed by atoms with Gasteiger partial charge < -0.3 is 14.8 Å². The van der Waals surface area contributed by atoms with Crippen LogP contribution < -0.4 is 20.2 Å². The van der Waals surface area contributed by atoms with Crippen molar-refractivity contribution in [1.82, 2.24) is 5.43 Å². The van der Waals surface area contributed by atoms with Crippen LogP contribution >= 0.6 is 11.6 Å². The number of anilines is 1. The van der Waals surface area contributed by atoms with Crippen molar-refractivity contribution in [3.63, 3.8) is 0 Å². The molecule has 0 aliphatic rings. The predicted octanol–water partition coefficient (Wildman–Crippen LogP) is 6.01. The van der Waals surface area contributed by atoms with E-state index in [9.17, 15) is 14.0 Å². The van der Waals surface area contributed by atoms with Crippen molar-refractivity contribution in [2.24, 2.45) is 5.10 Å². The molecule has 198 valence electrons. The van der Waals surface area contributed by atoms with E-state index in [1.165, 1.54) is 25.5 Å². The third-order valence-corrected chi connectivity index (χ3v) is 5.96. The van der Waals surface area contributed by atoms with Gasteiger partial charge in [-0.25, -0.2) is 9.82 Å². The zero-order valence-corrected chi connectivity index (χ0v) is 21.7. The number of benzene rings is 4. The lowest BCUT2D eigenvalue weighted by Gasteiger charge is -2.12. The molecule has 2 amide bonds. The SMILES string of the molecule is COc1cc(/C=N/NC(=O)c2ccc(NC(=O)Cc3ccccc3)cc2)ccc1OCc1ccc(F)cc1Cl. The molecule has 0 radical (unpaired) electrons. The fourth-order valence-corrected chi connectivity index (χ4v) is 3.82. The normalized spacial score (nSPS) is 10.7. The van der Waals surface area contributed by atoms with Crippen LogP contribution in [0.2, 0.25) is 5.02 Å². The maximum absolute atomic E-state index is 13.2. The van der Waals surface area contributed by atoms with Gasteiger partial charge in [-0.3, -0.25) is 9.59 Å². The maximum Gasteiger partial charge on any atom is 0.271 e. The molecule has 4 rings (SSSR count). The number of hydrogen-bond acceptors (Lipinski definition) is 5. The molecule has 7 nitrogen and oxygen atoms in total. The van der Waals surface area contributed by atoms with Gasteiger partial charge in [-0.15, -0.1) is 0 Å². The van der Waals surface area contributed by atoms with Crippen LogP contribution in [0.1, 0.15) is 27.0 Å². The summed E-state index contributed by atoms with van der Waals surface area (Å²) in [7, 11) is 1.50. The van der Waals surface area contributed by atoms with Crippen LogP contribution in [0.15, 0.2) is 96.1 Å². The molecule has 0 bridgehead atoms. The Bertz CT molecular complexity index is 1480. The molecule has 9 heteroatoms. The van der Waals surface area contributed by atoms with Crippen LogP contribution in [0, 0.1) is 5.82 Å². The number of amides is 2. The molecule has 0 aliphatic carbocycles. The number of nitrogens with one attached hydrogen (secondary N) is 2. The minimum atomic E-state index is -0.419. The Morgan fingerprint density at radius 3 is 2.44 bits per heavy atom. The summed E-state index contributed by atoms with van der Waals surface area (Å²) in [5.41, 5.74) is 5.66. The smallest absolute Gasteiger partial charge is 0.271 e. The second kappa shape index (κ2) is 13.2. The maximum atomic E-state index is 13.2. The van der Waals surface area contributed by atoms with Crippen molar-refractivity contribution in [2.75, 3.05) is 12.4 Å². The number of ether oxygens (including phenoxy) is 2. The zero-order chi connectivity index (χ0) is 27.6. The fourth-order valence-electron chi connectivity index (χ4n) is 3.60. The van der Waals surface area contributed by atoms with Crippen molar-refractivity contribution < 1.29 is 23.5 Å². The second-order valence-electron chi connectivity index (χ2n) is 8.42. The molecular weight excluding hydrogens is 521 g/mol. The molecule has 4 aromatic rings. The number of carbonyl (C=O) groups is 2. The molecule has 39 heavy (non-hydrogen) atoms. The monoisotopic (exact) mass is 545 g/mol. The van der Waals surface area contributed by atoms with Crippen molar-refractivity contribution in [3.05, 3.63) is 124 Å². The number of halogens is 2. The molecule has 0 saturated heterocycles. The Balaban J connectivity index is 1.30. The summed E-state index contributed by atoms with van der Waals surface area (Å²) in [5.74, 6) is -0.0499. The van der Waals surface area contributed by atoms with Gasteiger partial charge in [0, 0.05) is 16.8 Å². The Morgan fingerprint density at radius 2 is 1.72 bits per heavy atom. The lowest BCUT2D eigenvalue weighted by Crippen LogP contribution is -2.18. The van der Waals surface area contributed by atoms with E-state index in [-0.39, 0.29) is 24.0 Å². The van der Waals surface area contributed by atoms with Gasteiger partial charge >= 0.3 is 0 Å². The van der Waals surface area contributed by atoms with E-state index in [0.717, 1.165) is 5.56 Å². The number of rotatable bonds is 10. The highest BCUT2D eigenvalue weighted by Crippen LogP contribution is 2.29. The summed E-state index contributed by atoms with van der Waals surface area (Å²) in [6.45, 7) is 0.133. The zero-order valence-electron chi connectivity index (χ0n) is 21.0. The quantitative estimate of drug-likeness (QED) is 0.189. The predicted molar refractivity (Wildman–Crippen MR) is 149 cm³/mol. The lowest BCUT2D eigenvalue weighted by molar-refractivity contribution is -0.115. The number of methoxy groups -OCH3 is 1. The highest BCUT2D eigenvalue weighted by Gasteiger charge is 2.09. The third-order valence-electron chi connectivity index (χ3n) is 5.60. The van der Waals surface area contributed by atoms with Crippen LogP contribution in [0.3, 0.4) is 0 Å². The van der Waals surface area contributed by atoms with Gasteiger partial charge in [-0.1, -0.05) is 48.0 Å². The Hall–Kier alpha value is -4.69. The summed E-state index contributed by atoms with van der Waals surface area (Å²) < 4.78 is 24.4. The molecular formula is C30H25ClFN3O4. The number of hydrazone groups is 1. The molecule has 0 aromatic heterocycles. The second-order valence-corrected chi connectivity index (χ2v) is 8.83. The largest absolute Gasteiger partial charge is 0.493 e. The minimum absolute atomic E-state index is 0.133. The summed E-state index contributed by atoms with van der Waals surface area (Å²) in [6.07, 6.45) is 1.73. The van der Waals surface area contributed by atoms with E-state index in [1.54, 1.807) is 48.5 Å². The molecule has 4 aromatic carbocycles. The van der Waals surface area contributed by atoms with Gasteiger partial charge in [0.05, 0.1) is 24.8 Å². The Kier molecular flexibility index (Phi) is 9.26. The summed E-state index contributed by atoms with van der Waals surface area (Å²) in [4.78, 5) is 24.7. The van der Waals surface area contributed by atoms with E-state index in [0.29, 0.717) is 33.9 Å². The van der Waals surface area contributed by atoms with Crippen LogP contribution in [0.25, 0.3) is 0 Å². The van der Waals surface area contributed by atoms with Crippen molar-refractivity contribution in [2.45, 2.75) is 13.0 Å². The molecule has 0 fully saturated rings. The van der Waals surface area contributed by atoms with E-state index < -0.39 is 11.7 Å². The van der Waals surface area contributed by atoms with Crippen LogP contribution in [0.5, 0.6) is 11.5 Å². The van der Waals surface area contributed by atoms with Crippen molar-refractivity contribution >= 4 is 35.3 Å². The number of carbonyl (C=O) groups excluding carboxylic acids is 2. The first-order chi connectivity index (χ1) is 18.9. The first kappa shape index (κ1) is 27.3. The Morgan fingerprint density at radius 1 is 0.949 bits per heavy atom. The van der Waals surface area contributed by atoms with E-state index in [4.69, 9.17) is 21.1 Å². The van der Waals surface area contributed by atoms with Crippen LogP contribution in [-0.2, 0) is 17.8 Å². The highest BCUT2D eigenvalue weighted by molar-refractivity contribution is 6.31. The first-order valence-electron chi connectivity index (χ1n) is 11.9. The molecule has 0 saturated carbocycles. The van der Waals surface area contributed by atoms with Crippen molar-refractivity contribution in [1.29, 1.82) is 0 Å². The first-order valence-corrected chi connectivity index (χ1v) is 12.3. The molecule has 0 unspecified atom stereocenters. The number of nitrogens with zero attached hydrogens (tertiary/aromatic N) is 1. The van der Waals surface area contributed by atoms with Gasteiger partial charge in [0.1, 0.15) is 12.4 Å². The topological polar surface area (TPSA) is 89.0 Å². The third kappa shape index (κ3) is 7.90. The van der Waals surface area contributed by atoms with Gasteiger partial charge in [-0.2, -0.15) is 5.10 Å². The lowest BCUT2D eigenvalue weighted by atomic mass is 10.1. The molecule has 0 aliphatic heterocycles. The van der Waals surface area contributed by atoms with Crippen molar-refractivity contribution in [3.8, 4) is 11.5 Å². The molecule has 0 heterocycles. The summed E-state index contributed by atoms with van der Waals surface area (Å²) in [6, 6.07) is 25.2. The minimum Gasteiger partial charge on any atom is -0.493 e. The van der Waals surface area contributed by atoms with Crippen LogP contribution in [-0.4, -0.2) is 25.1 Å². The fraction of sp³-hybridized carbons (Fsp3) is 0.100. The number of hydrogen-bond donors (Lipinski definition) is 2. The van der Waals surface area contributed by atoms with Gasteiger partial charge in [0.15, 0.2) is 11.5 Å².